The molecule has 0 bridgehead atoms. The summed E-state index contributed by atoms with van der Waals surface area (Å²) in [6.07, 6.45) is 3.24. The van der Waals surface area contributed by atoms with Crippen LogP contribution in [0, 0.1) is 38.8 Å². The number of imidazole rings is 1. The summed E-state index contributed by atoms with van der Waals surface area (Å²) in [5.41, 5.74) is 17.4. The number of nitrogens with zero attached hydrogens (tertiary/aromatic N) is 4. The van der Waals surface area contributed by atoms with Crippen molar-refractivity contribution in [2.75, 3.05) is 0 Å². The number of fused-ring (bicyclic) bond motifs is 4. The molecule has 4 heterocycles. The van der Waals surface area contributed by atoms with Crippen LogP contribution in [0.5, 0.6) is 0 Å². The Morgan fingerprint density at radius 3 is 2.03 bits per heavy atom. The number of rotatable bonds is 9. The zero-order valence-electron chi connectivity index (χ0n) is 39.4. The molecule has 9 rings (SSSR count). The van der Waals surface area contributed by atoms with E-state index in [2.05, 4.69) is 187 Å². The van der Waals surface area contributed by atoms with Crippen LogP contribution in [-0.4, -0.2) is 27.6 Å². The van der Waals surface area contributed by atoms with Gasteiger partial charge in [-0.2, -0.15) is 0 Å². The quantitative estimate of drug-likeness (QED) is 0.107. The smallest absolute Gasteiger partial charge is 0.142 e. The van der Waals surface area contributed by atoms with Crippen molar-refractivity contribution in [2.24, 2.45) is 5.92 Å². The third-order valence-corrected chi connectivity index (χ3v) is 14.0. The van der Waals surface area contributed by atoms with Gasteiger partial charge in [-0.25, -0.2) is 0 Å². The van der Waals surface area contributed by atoms with E-state index < -0.39 is 8.07 Å². The van der Waals surface area contributed by atoms with E-state index in [0.717, 1.165) is 79.0 Å². The van der Waals surface area contributed by atoms with Crippen molar-refractivity contribution >= 4 is 46.2 Å². The SMILES string of the molecule is CC(C)Cc1cc(-c2[c-]cccc2)ncc1[Si](C)(C)C.Cc1cc2c(oc3c(-c4nc5ccccc5n4-c4c(C(C)C)cc(-c5ccccc5)cc4C(C)C)[c-]cc(C)c32)c(C)n1.[Ir]. The molecular weight excluding hydrogens is 977 g/mol. The normalized spacial score (nSPS) is 11.8. The Labute approximate surface area is 394 Å². The van der Waals surface area contributed by atoms with E-state index in [9.17, 15) is 0 Å². The van der Waals surface area contributed by atoms with Gasteiger partial charge in [-0.05, 0) is 101 Å². The maximum absolute atomic E-state index is 6.68. The van der Waals surface area contributed by atoms with Crippen molar-refractivity contribution in [3.63, 3.8) is 0 Å². The number of aryl methyl sites for hydroxylation is 3. The Hall–Kier alpha value is -5.46. The third-order valence-electron chi connectivity index (χ3n) is 12.0. The molecule has 9 aromatic rings. The Kier molecular flexibility index (Phi) is 13.8. The average molecular weight is 1040 g/mol. The number of aromatic nitrogens is 4. The first-order valence-electron chi connectivity index (χ1n) is 22.5. The molecule has 5 aromatic carbocycles. The van der Waals surface area contributed by atoms with Gasteiger partial charge in [0.05, 0.1) is 36.2 Å². The first kappa shape index (κ1) is 46.5. The Morgan fingerprint density at radius 2 is 1.39 bits per heavy atom. The van der Waals surface area contributed by atoms with Crippen molar-refractivity contribution in [3.05, 3.63) is 161 Å². The zero-order chi connectivity index (χ0) is 44.7. The van der Waals surface area contributed by atoms with Crippen LogP contribution in [0.3, 0.4) is 0 Å². The largest absolute Gasteiger partial charge is 0.499 e. The van der Waals surface area contributed by atoms with E-state index in [4.69, 9.17) is 14.4 Å². The van der Waals surface area contributed by atoms with Crippen LogP contribution >= 0.6 is 0 Å². The molecule has 0 saturated carbocycles. The van der Waals surface area contributed by atoms with Gasteiger partial charge in [0.15, 0.2) is 0 Å². The van der Waals surface area contributed by atoms with E-state index in [0.29, 0.717) is 5.92 Å². The summed E-state index contributed by atoms with van der Waals surface area (Å²) in [6, 6.07) is 45.3. The van der Waals surface area contributed by atoms with Gasteiger partial charge in [0, 0.05) is 43.1 Å². The number of pyridine rings is 2. The van der Waals surface area contributed by atoms with Gasteiger partial charge in [-0.1, -0.05) is 133 Å². The molecular formula is C57H60IrN4OSi-2. The summed E-state index contributed by atoms with van der Waals surface area (Å²) in [4.78, 5) is 14.7. The van der Waals surface area contributed by atoms with E-state index in [1.807, 2.05) is 32.0 Å². The fraction of sp³-hybridized carbons (Fsp3) is 0.281. The first-order valence-corrected chi connectivity index (χ1v) is 26.0. The second-order valence-corrected chi connectivity index (χ2v) is 24.2. The van der Waals surface area contributed by atoms with E-state index in [1.165, 1.54) is 38.7 Å². The molecule has 0 aliphatic rings. The van der Waals surface area contributed by atoms with Crippen LogP contribution in [0.25, 0.3) is 72.4 Å². The number of furan rings is 1. The predicted molar refractivity (Wildman–Crippen MR) is 268 cm³/mol. The standard InChI is InChI=1S/C39H36N3O.C18H24NSi.Ir/c1-22(2)30-20-28(27-13-9-8-10-14-27)21-31(23(3)4)36(30)42-34-16-12-11-15-33(34)41-39(42)29-18-17-24(5)35-32-19-25(6)40-26(7)37(32)43-38(29)35;1-14(2)11-16-12-17(15-9-7-6-8-10-15)19-13-18(16)20(3,4)5;/h8-17,19-23H,1-7H3;6-9,12-14H,11H2,1-5H3;/q2*-1;. The van der Waals surface area contributed by atoms with Gasteiger partial charge >= 0.3 is 0 Å². The molecule has 0 fully saturated rings. The maximum Gasteiger partial charge on any atom is 0.142 e. The second-order valence-electron chi connectivity index (χ2n) is 19.2. The Balaban J connectivity index is 0.000000246. The summed E-state index contributed by atoms with van der Waals surface area (Å²) in [5.74, 6) is 2.08. The minimum Gasteiger partial charge on any atom is -0.499 e. The van der Waals surface area contributed by atoms with Gasteiger partial charge < -0.3 is 14.0 Å². The minimum atomic E-state index is -1.34. The zero-order valence-corrected chi connectivity index (χ0v) is 42.8. The van der Waals surface area contributed by atoms with Crippen molar-refractivity contribution in [2.45, 2.75) is 100 Å². The maximum atomic E-state index is 6.68. The van der Waals surface area contributed by atoms with Gasteiger partial charge in [-0.3, -0.25) is 9.97 Å². The topological polar surface area (TPSA) is 56.7 Å². The first-order chi connectivity index (χ1) is 30.1. The van der Waals surface area contributed by atoms with Crippen molar-refractivity contribution in [3.8, 4) is 39.5 Å². The summed E-state index contributed by atoms with van der Waals surface area (Å²) in [5, 5.41) is 3.68. The molecule has 5 nitrogen and oxygen atoms in total. The second kappa shape index (κ2) is 18.9. The van der Waals surface area contributed by atoms with Crippen LogP contribution < -0.4 is 5.19 Å². The average Bonchev–Trinajstić information content (AvgIpc) is 3.83. The van der Waals surface area contributed by atoms with Crippen molar-refractivity contribution < 1.29 is 24.5 Å². The number of para-hydroxylation sites is 2. The number of benzene rings is 5. The molecule has 329 valence electrons. The third kappa shape index (κ3) is 9.22. The molecule has 0 unspecified atom stereocenters. The summed E-state index contributed by atoms with van der Waals surface area (Å²) in [7, 11) is -1.34. The Bertz CT molecular complexity index is 3050. The summed E-state index contributed by atoms with van der Waals surface area (Å²) < 4.78 is 9.04. The molecule has 64 heavy (non-hydrogen) atoms. The Morgan fingerprint density at radius 1 is 0.719 bits per heavy atom. The van der Waals surface area contributed by atoms with Crippen molar-refractivity contribution in [1.29, 1.82) is 0 Å². The molecule has 0 spiro atoms. The fourth-order valence-electron chi connectivity index (χ4n) is 8.98. The molecule has 0 N–H and O–H groups in total. The van der Waals surface area contributed by atoms with Crippen LogP contribution in [-0.2, 0) is 26.5 Å². The molecule has 0 saturated heterocycles. The van der Waals surface area contributed by atoms with Crippen LogP contribution in [0.1, 0.15) is 87.0 Å². The van der Waals surface area contributed by atoms with E-state index in [-0.39, 0.29) is 31.9 Å². The minimum absolute atomic E-state index is 0. The van der Waals surface area contributed by atoms with E-state index >= 15 is 0 Å². The molecule has 0 atom stereocenters. The monoisotopic (exact) mass is 1040 g/mol. The van der Waals surface area contributed by atoms with Gasteiger partial charge in [0.1, 0.15) is 5.58 Å². The summed E-state index contributed by atoms with van der Waals surface area (Å²) >= 11 is 0. The number of hydrogen-bond donors (Lipinski definition) is 0. The molecule has 0 aliphatic heterocycles. The molecule has 4 aromatic heterocycles. The van der Waals surface area contributed by atoms with Crippen LogP contribution in [0.4, 0.5) is 0 Å². The van der Waals surface area contributed by atoms with Crippen molar-refractivity contribution in [1.82, 2.24) is 19.5 Å². The molecule has 0 amide bonds. The molecule has 1 radical (unpaired) electrons. The van der Waals surface area contributed by atoms with Crippen LogP contribution in [0.2, 0.25) is 19.6 Å². The fourth-order valence-corrected chi connectivity index (χ4v) is 10.6. The molecule has 7 heteroatoms. The predicted octanol–water partition coefficient (Wildman–Crippen LogP) is 14.9. The van der Waals surface area contributed by atoms with E-state index in [1.54, 1.807) is 0 Å². The van der Waals surface area contributed by atoms with Gasteiger partial charge in [0.2, 0.25) is 0 Å². The number of hydrogen-bond acceptors (Lipinski definition) is 4. The van der Waals surface area contributed by atoms with Gasteiger partial charge in [0.25, 0.3) is 0 Å². The van der Waals surface area contributed by atoms with Crippen LogP contribution in [0.15, 0.2) is 120 Å². The molecule has 0 aliphatic carbocycles. The summed E-state index contributed by atoms with van der Waals surface area (Å²) in [6.45, 7) is 27.0. The van der Waals surface area contributed by atoms with Gasteiger partial charge in [-0.15, -0.1) is 53.6 Å².